The SMILES string of the molecule is O=C(CCCN1C(=O)c2ccc(Br)cc2C1=O)NCCCN1CCCCC1. The number of halogens is 1. The number of amides is 3. The summed E-state index contributed by atoms with van der Waals surface area (Å²) < 4.78 is 0.771. The zero-order valence-electron chi connectivity index (χ0n) is 15.5. The van der Waals surface area contributed by atoms with Gasteiger partial charge in [0.2, 0.25) is 5.91 Å². The molecule has 0 atom stereocenters. The molecule has 2 aliphatic rings. The van der Waals surface area contributed by atoms with Crippen molar-refractivity contribution in [1.82, 2.24) is 15.1 Å². The Balaban J connectivity index is 1.34. The van der Waals surface area contributed by atoms with Crippen molar-refractivity contribution in [2.75, 3.05) is 32.7 Å². The molecule has 1 saturated heterocycles. The van der Waals surface area contributed by atoms with Crippen molar-refractivity contribution in [3.05, 3.63) is 33.8 Å². The second kappa shape index (κ2) is 9.46. The third-order valence-electron chi connectivity index (χ3n) is 5.14. The molecule has 3 rings (SSSR count). The van der Waals surface area contributed by atoms with Gasteiger partial charge in [-0.05, 0) is 63.5 Å². The normalized spacial score (nSPS) is 17.3. The Bertz CT molecular complexity index is 716. The summed E-state index contributed by atoms with van der Waals surface area (Å²) in [5.41, 5.74) is 0.863. The Morgan fingerprint density at radius 2 is 1.74 bits per heavy atom. The van der Waals surface area contributed by atoms with Gasteiger partial charge in [-0.3, -0.25) is 19.3 Å². The number of nitrogens with one attached hydrogen (secondary N) is 1. The lowest BCUT2D eigenvalue weighted by atomic mass is 10.1. The fraction of sp³-hybridized carbons (Fsp3) is 0.550. The average Bonchev–Trinajstić information content (AvgIpc) is 2.90. The summed E-state index contributed by atoms with van der Waals surface area (Å²) in [4.78, 5) is 40.4. The number of piperidine rings is 1. The number of carbonyl (C=O) groups excluding carboxylic acids is 3. The van der Waals surface area contributed by atoms with E-state index < -0.39 is 0 Å². The molecular formula is C20H26BrN3O3. The third-order valence-corrected chi connectivity index (χ3v) is 5.63. The van der Waals surface area contributed by atoms with Crippen LogP contribution in [0.2, 0.25) is 0 Å². The first kappa shape index (κ1) is 20.0. The highest BCUT2D eigenvalue weighted by Crippen LogP contribution is 2.26. The van der Waals surface area contributed by atoms with E-state index in [-0.39, 0.29) is 24.3 Å². The van der Waals surface area contributed by atoms with Gasteiger partial charge in [-0.25, -0.2) is 0 Å². The predicted octanol–water partition coefficient (Wildman–Crippen LogP) is 2.82. The quantitative estimate of drug-likeness (QED) is 0.503. The molecule has 0 aliphatic carbocycles. The van der Waals surface area contributed by atoms with E-state index in [2.05, 4.69) is 26.1 Å². The molecule has 6 nitrogen and oxygen atoms in total. The van der Waals surface area contributed by atoms with Crippen molar-refractivity contribution in [2.45, 2.75) is 38.5 Å². The topological polar surface area (TPSA) is 69.7 Å². The number of benzene rings is 1. The summed E-state index contributed by atoms with van der Waals surface area (Å²) in [6, 6.07) is 5.09. The Hall–Kier alpha value is -1.73. The Kier molecular flexibility index (Phi) is 7.01. The molecule has 2 heterocycles. The number of carbonyl (C=O) groups is 3. The summed E-state index contributed by atoms with van der Waals surface area (Å²) in [7, 11) is 0. The molecule has 146 valence electrons. The maximum Gasteiger partial charge on any atom is 0.261 e. The summed E-state index contributed by atoms with van der Waals surface area (Å²) in [6.07, 6.45) is 5.64. The van der Waals surface area contributed by atoms with Gasteiger partial charge in [0.15, 0.2) is 0 Å². The van der Waals surface area contributed by atoms with Gasteiger partial charge in [0.05, 0.1) is 11.1 Å². The van der Waals surface area contributed by atoms with Gasteiger partial charge in [-0.1, -0.05) is 22.4 Å². The highest BCUT2D eigenvalue weighted by atomic mass is 79.9. The van der Waals surface area contributed by atoms with Crippen LogP contribution in [0.5, 0.6) is 0 Å². The molecule has 0 radical (unpaired) electrons. The average molecular weight is 436 g/mol. The van der Waals surface area contributed by atoms with E-state index in [9.17, 15) is 14.4 Å². The number of imide groups is 1. The van der Waals surface area contributed by atoms with Gasteiger partial charge in [-0.2, -0.15) is 0 Å². The number of hydrogen-bond acceptors (Lipinski definition) is 4. The highest BCUT2D eigenvalue weighted by molar-refractivity contribution is 9.10. The third kappa shape index (κ3) is 5.17. The first-order valence-electron chi connectivity index (χ1n) is 9.71. The molecule has 1 N–H and O–H groups in total. The lowest BCUT2D eigenvalue weighted by Crippen LogP contribution is -2.34. The second-order valence-electron chi connectivity index (χ2n) is 7.16. The minimum Gasteiger partial charge on any atom is -0.356 e. The van der Waals surface area contributed by atoms with Crippen LogP contribution in [0.4, 0.5) is 0 Å². The van der Waals surface area contributed by atoms with Crippen molar-refractivity contribution >= 4 is 33.7 Å². The van der Waals surface area contributed by atoms with Gasteiger partial charge in [0, 0.05) is 24.0 Å². The highest BCUT2D eigenvalue weighted by Gasteiger charge is 2.35. The smallest absolute Gasteiger partial charge is 0.261 e. The second-order valence-corrected chi connectivity index (χ2v) is 8.08. The van der Waals surface area contributed by atoms with Crippen molar-refractivity contribution in [3.63, 3.8) is 0 Å². The lowest BCUT2D eigenvalue weighted by molar-refractivity contribution is -0.121. The zero-order chi connectivity index (χ0) is 19.2. The van der Waals surface area contributed by atoms with Crippen LogP contribution < -0.4 is 5.32 Å². The van der Waals surface area contributed by atoms with E-state index in [1.165, 1.54) is 37.3 Å². The lowest BCUT2D eigenvalue weighted by Gasteiger charge is -2.26. The molecule has 7 heteroatoms. The molecule has 0 aromatic heterocycles. The van der Waals surface area contributed by atoms with E-state index in [1.54, 1.807) is 18.2 Å². The number of fused-ring (bicyclic) bond motifs is 1. The minimum atomic E-state index is -0.279. The first-order valence-corrected chi connectivity index (χ1v) is 10.5. The Morgan fingerprint density at radius 3 is 2.52 bits per heavy atom. The molecule has 0 spiro atoms. The maximum atomic E-state index is 12.4. The molecule has 0 saturated carbocycles. The molecule has 3 amide bonds. The molecule has 0 bridgehead atoms. The monoisotopic (exact) mass is 435 g/mol. The molecule has 2 aliphatic heterocycles. The molecule has 1 fully saturated rings. The van der Waals surface area contributed by atoms with Crippen LogP contribution in [0, 0.1) is 0 Å². The van der Waals surface area contributed by atoms with Gasteiger partial charge >= 0.3 is 0 Å². The van der Waals surface area contributed by atoms with E-state index in [0.29, 0.717) is 30.5 Å². The van der Waals surface area contributed by atoms with Gasteiger partial charge < -0.3 is 10.2 Å². The first-order chi connectivity index (χ1) is 13.1. The number of nitrogens with zero attached hydrogens (tertiary/aromatic N) is 2. The maximum absolute atomic E-state index is 12.4. The molecular weight excluding hydrogens is 410 g/mol. The van der Waals surface area contributed by atoms with E-state index >= 15 is 0 Å². The van der Waals surface area contributed by atoms with Crippen LogP contribution in [-0.4, -0.2) is 60.2 Å². The summed E-state index contributed by atoms with van der Waals surface area (Å²) in [6.45, 7) is 4.32. The van der Waals surface area contributed by atoms with Crippen LogP contribution in [0.3, 0.4) is 0 Å². The molecule has 0 unspecified atom stereocenters. The zero-order valence-corrected chi connectivity index (χ0v) is 17.1. The number of hydrogen-bond donors (Lipinski definition) is 1. The van der Waals surface area contributed by atoms with Crippen molar-refractivity contribution in [3.8, 4) is 0 Å². The fourth-order valence-corrected chi connectivity index (χ4v) is 4.03. The standard InChI is InChI=1S/C20H26BrN3O3/c21-15-7-8-16-17(14-15)20(27)24(19(16)26)13-4-6-18(25)22-9-5-12-23-10-2-1-3-11-23/h7-8,14H,1-6,9-13H2,(H,22,25). The number of likely N-dealkylation sites (tertiary alicyclic amines) is 1. The minimum absolute atomic E-state index is 0.0204. The Labute approximate surface area is 168 Å². The number of rotatable bonds is 8. The van der Waals surface area contributed by atoms with Crippen LogP contribution in [-0.2, 0) is 4.79 Å². The molecule has 1 aromatic rings. The summed E-state index contributed by atoms with van der Waals surface area (Å²) in [5.74, 6) is -0.573. The van der Waals surface area contributed by atoms with Crippen LogP contribution in [0.15, 0.2) is 22.7 Å². The van der Waals surface area contributed by atoms with Gasteiger partial charge in [0.25, 0.3) is 11.8 Å². The van der Waals surface area contributed by atoms with Crippen LogP contribution in [0.1, 0.15) is 59.2 Å². The van der Waals surface area contributed by atoms with Crippen molar-refractivity contribution in [1.29, 1.82) is 0 Å². The van der Waals surface area contributed by atoms with E-state index in [1.807, 2.05) is 0 Å². The van der Waals surface area contributed by atoms with Gasteiger partial charge in [0.1, 0.15) is 0 Å². The summed E-state index contributed by atoms with van der Waals surface area (Å²) >= 11 is 3.32. The molecule has 27 heavy (non-hydrogen) atoms. The van der Waals surface area contributed by atoms with Gasteiger partial charge in [-0.15, -0.1) is 0 Å². The van der Waals surface area contributed by atoms with E-state index in [4.69, 9.17) is 0 Å². The van der Waals surface area contributed by atoms with Crippen molar-refractivity contribution in [2.24, 2.45) is 0 Å². The largest absolute Gasteiger partial charge is 0.356 e. The molecule has 1 aromatic carbocycles. The predicted molar refractivity (Wildman–Crippen MR) is 107 cm³/mol. The van der Waals surface area contributed by atoms with Crippen LogP contribution in [0.25, 0.3) is 0 Å². The van der Waals surface area contributed by atoms with Crippen molar-refractivity contribution < 1.29 is 14.4 Å². The Morgan fingerprint density at radius 1 is 1.00 bits per heavy atom. The fourth-order valence-electron chi connectivity index (χ4n) is 3.67. The van der Waals surface area contributed by atoms with Crippen LogP contribution >= 0.6 is 15.9 Å². The van der Waals surface area contributed by atoms with E-state index in [0.717, 1.165) is 17.4 Å². The summed E-state index contributed by atoms with van der Waals surface area (Å²) in [5, 5.41) is 2.93.